The molecule has 166 valence electrons. The maximum atomic E-state index is 12.7. The van der Waals surface area contributed by atoms with E-state index >= 15 is 0 Å². The Bertz CT molecular complexity index is 1330. The first-order valence-corrected chi connectivity index (χ1v) is 11.3. The van der Waals surface area contributed by atoms with Crippen LogP contribution in [0.25, 0.3) is 17.1 Å². The maximum absolute atomic E-state index is 12.7. The van der Waals surface area contributed by atoms with Crippen molar-refractivity contribution in [2.45, 2.75) is 13.8 Å². The third kappa shape index (κ3) is 5.21. The van der Waals surface area contributed by atoms with E-state index in [1.165, 1.54) is 0 Å². The lowest BCUT2D eigenvalue weighted by Gasteiger charge is -2.10. The number of benzene rings is 3. The first kappa shape index (κ1) is 22.9. The van der Waals surface area contributed by atoms with E-state index < -0.39 is 12.6 Å². The average molecular weight is 525 g/mol. The van der Waals surface area contributed by atoms with Crippen LogP contribution in [-0.2, 0) is 4.74 Å². The fourth-order valence-corrected chi connectivity index (χ4v) is 3.61. The Morgan fingerprint density at radius 3 is 2.39 bits per heavy atom. The van der Waals surface area contributed by atoms with Crippen LogP contribution in [0, 0.1) is 13.8 Å². The summed E-state index contributed by atoms with van der Waals surface area (Å²) in [5.41, 5.74) is 3.97. The Morgan fingerprint density at radius 2 is 1.70 bits per heavy atom. The molecule has 0 aliphatic heterocycles. The lowest BCUT2D eigenvalue weighted by Crippen LogP contribution is -2.15. The molecule has 0 aliphatic carbocycles. The minimum absolute atomic E-state index is 0.135. The number of hydrogen-bond donors (Lipinski definition) is 0. The van der Waals surface area contributed by atoms with Gasteiger partial charge < -0.3 is 4.74 Å². The number of aromatic nitrogens is 3. The monoisotopic (exact) mass is 523 g/mol. The van der Waals surface area contributed by atoms with Crippen LogP contribution in [0.4, 0.5) is 0 Å². The van der Waals surface area contributed by atoms with Gasteiger partial charge in [-0.1, -0.05) is 51.8 Å². The highest BCUT2D eigenvalue weighted by molar-refractivity contribution is 9.10. The number of ketones is 1. The molecule has 0 saturated heterocycles. The molecule has 8 heteroatoms. The van der Waals surface area contributed by atoms with Gasteiger partial charge >= 0.3 is 5.97 Å². The minimum atomic E-state index is -0.778. The number of carbonyl (C=O) groups excluding carboxylic acids is 2. The summed E-state index contributed by atoms with van der Waals surface area (Å²) in [4.78, 5) is 29.5. The van der Waals surface area contributed by atoms with Crippen LogP contribution in [0.5, 0.6) is 0 Å². The van der Waals surface area contributed by atoms with E-state index in [1.807, 2.05) is 32.0 Å². The van der Waals surface area contributed by atoms with Crippen LogP contribution < -0.4 is 0 Å². The number of Topliss-reactive ketones (excluding diaryl/α,β-unsaturated/α-hetero) is 1. The molecular weight excluding hydrogens is 506 g/mol. The minimum Gasteiger partial charge on any atom is -0.451 e. The largest absolute Gasteiger partial charge is 0.451 e. The zero-order valence-electron chi connectivity index (χ0n) is 17.9. The number of nitrogens with zero attached hydrogens (tertiary/aromatic N) is 3. The predicted molar refractivity (Wildman–Crippen MR) is 130 cm³/mol. The zero-order valence-corrected chi connectivity index (χ0v) is 20.2. The van der Waals surface area contributed by atoms with Gasteiger partial charge in [-0.15, -0.1) is 5.10 Å². The van der Waals surface area contributed by atoms with Crippen LogP contribution in [0.3, 0.4) is 0 Å². The van der Waals surface area contributed by atoms with Gasteiger partial charge in [0.15, 0.2) is 18.2 Å². The molecule has 1 aromatic heterocycles. The molecule has 0 atom stereocenters. The van der Waals surface area contributed by atoms with Crippen molar-refractivity contribution in [1.82, 2.24) is 14.8 Å². The molecule has 33 heavy (non-hydrogen) atoms. The number of rotatable bonds is 6. The van der Waals surface area contributed by atoms with Crippen LogP contribution in [-0.4, -0.2) is 33.1 Å². The molecular formula is C25H19BrClN3O3. The highest BCUT2D eigenvalue weighted by atomic mass is 79.9. The Balaban J connectivity index is 1.65. The maximum Gasteiger partial charge on any atom is 0.378 e. The van der Waals surface area contributed by atoms with Crippen molar-refractivity contribution in [3.63, 3.8) is 0 Å². The van der Waals surface area contributed by atoms with Crippen LogP contribution in [0.2, 0.25) is 5.02 Å². The second-order valence-electron chi connectivity index (χ2n) is 7.47. The fourth-order valence-electron chi connectivity index (χ4n) is 3.21. The van der Waals surface area contributed by atoms with E-state index in [0.717, 1.165) is 26.9 Å². The van der Waals surface area contributed by atoms with Crippen molar-refractivity contribution in [2.24, 2.45) is 0 Å². The highest BCUT2D eigenvalue weighted by Gasteiger charge is 2.22. The van der Waals surface area contributed by atoms with E-state index in [0.29, 0.717) is 16.4 Å². The van der Waals surface area contributed by atoms with Crippen LogP contribution >= 0.6 is 27.5 Å². The van der Waals surface area contributed by atoms with Gasteiger partial charge in [-0.25, -0.2) is 14.5 Å². The number of halogens is 2. The first-order valence-electron chi connectivity index (χ1n) is 10.1. The van der Waals surface area contributed by atoms with Crippen molar-refractivity contribution in [2.75, 3.05) is 6.61 Å². The van der Waals surface area contributed by atoms with Gasteiger partial charge in [0.1, 0.15) is 0 Å². The van der Waals surface area contributed by atoms with Gasteiger partial charge in [-0.3, -0.25) is 4.79 Å². The summed E-state index contributed by atoms with van der Waals surface area (Å²) in [5, 5.41) is 5.01. The summed E-state index contributed by atoms with van der Waals surface area (Å²) in [5.74, 6) is -0.765. The van der Waals surface area contributed by atoms with Gasteiger partial charge in [0.05, 0.1) is 5.69 Å². The molecule has 0 radical (unpaired) electrons. The van der Waals surface area contributed by atoms with Crippen molar-refractivity contribution >= 4 is 39.3 Å². The Kier molecular flexibility index (Phi) is 6.72. The predicted octanol–water partition coefficient (Wildman–Crippen LogP) is 6.01. The molecule has 6 nitrogen and oxygen atoms in total. The van der Waals surface area contributed by atoms with E-state index in [9.17, 15) is 9.59 Å². The summed E-state index contributed by atoms with van der Waals surface area (Å²) in [6, 6.07) is 19.9. The number of aryl methyl sites for hydroxylation is 2. The lowest BCUT2D eigenvalue weighted by molar-refractivity contribution is 0.0462. The summed E-state index contributed by atoms with van der Waals surface area (Å²) in [7, 11) is 0. The Labute approximate surface area is 204 Å². The highest BCUT2D eigenvalue weighted by Crippen LogP contribution is 2.25. The number of carbonyl (C=O) groups is 2. The summed E-state index contributed by atoms with van der Waals surface area (Å²) in [6.07, 6.45) is 0. The third-order valence-electron chi connectivity index (χ3n) is 4.99. The van der Waals surface area contributed by atoms with Gasteiger partial charge in [-0.05, 0) is 67.4 Å². The SMILES string of the molecule is Cc1ccc(C)c(-n2nc(C(=O)OCC(=O)c3ccc(Br)cc3)nc2-c2ccc(Cl)cc2)c1. The second kappa shape index (κ2) is 9.68. The Hall–Kier alpha value is -3.29. The van der Waals surface area contributed by atoms with Crippen molar-refractivity contribution in [3.05, 3.63) is 98.7 Å². The molecule has 0 N–H and O–H groups in total. The van der Waals surface area contributed by atoms with Crippen molar-refractivity contribution in [3.8, 4) is 17.1 Å². The van der Waals surface area contributed by atoms with E-state index in [1.54, 1.807) is 53.2 Å². The molecule has 1 heterocycles. The fraction of sp³-hybridized carbons (Fsp3) is 0.120. The van der Waals surface area contributed by atoms with Crippen molar-refractivity contribution in [1.29, 1.82) is 0 Å². The van der Waals surface area contributed by atoms with Crippen LogP contribution in [0.1, 0.15) is 32.1 Å². The topological polar surface area (TPSA) is 74.1 Å². The molecule has 0 bridgehead atoms. The summed E-state index contributed by atoms with van der Waals surface area (Å²) >= 11 is 9.36. The van der Waals surface area contributed by atoms with Gasteiger partial charge in [0, 0.05) is 20.6 Å². The summed E-state index contributed by atoms with van der Waals surface area (Å²) < 4.78 is 7.69. The number of ether oxygens (including phenoxy) is 1. The Morgan fingerprint density at radius 1 is 1.00 bits per heavy atom. The smallest absolute Gasteiger partial charge is 0.378 e. The number of hydrogen-bond acceptors (Lipinski definition) is 5. The molecule has 0 fully saturated rings. The van der Waals surface area contributed by atoms with Gasteiger partial charge in [0.2, 0.25) is 0 Å². The molecule has 0 spiro atoms. The third-order valence-corrected chi connectivity index (χ3v) is 5.77. The quantitative estimate of drug-likeness (QED) is 0.228. The lowest BCUT2D eigenvalue weighted by atomic mass is 10.1. The molecule has 0 aliphatic rings. The van der Waals surface area contributed by atoms with E-state index in [4.69, 9.17) is 16.3 Å². The van der Waals surface area contributed by atoms with Gasteiger partial charge in [0.25, 0.3) is 5.82 Å². The van der Waals surface area contributed by atoms with E-state index in [-0.39, 0.29) is 11.6 Å². The summed E-state index contributed by atoms with van der Waals surface area (Å²) in [6.45, 7) is 3.52. The number of esters is 1. The van der Waals surface area contributed by atoms with Gasteiger partial charge in [-0.2, -0.15) is 0 Å². The van der Waals surface area contributed by atoms with Crippen LogP contribution in [0.15, 0.2) is 71.2 Å². The molecule has 4 rings (SSSR count). The molecule has 0 saturated carbocycles. The van der Waals surface area contributed by atoms with E-state index in [2.05, 4.69) is 26.0 Å². The second-order valence-corrected chi connectivity index (χ2v) is 8.83. The first-order chi connectivity index (χ1) is 15.8. The normalized spacial score (nSPS) is 10.8. The molecule has 3 aromatic carbocycles. The standard InChI is InChI=1S/C25H19BrClN3O3/c1-15-3-4-16(2)21(13-15)30-24(18-7-11-20(27)12-8-18)28-23(29-30)25(32)33-14-22(31)17-5-9-19(26)10-6-17/h3-13H,14H2,1-2H3. The average Bonchev–Trinajstić information content (AvgIpc) is 3.25. The molecule has 4 aromatic rings. The zero-order chi connectivity index (χ0) is 23.5. The molecule has 0 amide bonds. The molecule has 0 unspecified atom stereocenters. The van der Waals surface area contributed by atoms with Crippen molar-refractivity contribution < 1.29 is 14.3 Å².